The lowest BCUT2D eigenvalue weighted by Crippen LogP contribution is -2.44. The van der Waals surface area contributed by atoms with Gasteiger partial charge in [0.05, 0.1) is 23.3 Å². The first-order valence-electron chi connectivity index (χ1n) is 14.5. The number of hydrogen-bond donors (Lipinski definition) is 0. The summed E-state index contributed by atoms with van der Waals surface area (Å²) in [7, 11) is -3.65. The molecule has 0 radical (unpaired) electrons. The summed E-state index contributed by atoms with van der Waals surface area (Å²) in [5, 5.41) is 1.04. The Labute approximate surface area is 247 Å². The zero-order chi connectivity index (χ0) is 30.0. The molecule has 1 aromatic carbocycles. The number of esters is 1. The van der Waals surface area contributed by atoms with Gasteiger partial charge in [-0.1, -0.05) is 76.7 Å². The van der Waals surface area contributed by atoms with Crippen molar-refractivity contribution in [3.05, 3.63) is 59.7 Å². The largest absolute Gasteiger partial charge is 0.460 e. The van der Waals surface area contributed by atoms with E-state index in [1.54, 1.807) is 6.33 Å². The van der Waals surface area contributed by atoms with Crippen LogP contribution in [0.4, 0.5) is 0 Å². The maximum absolute atomic E-state index is 12.0. The fourth-order valence-electron chi connectivity index (χ4n) is 4.68. The van der Waals surface area contributed by atoms with Gasteiger partial charge in [-0.2, -0.15) is 0 Å². The van der Waals surface area contributed by atoms with Crippen molar-refractivity contribution < 1.29 is 18.7 Å². The standard InChI is InChI=1S/C32H45N3O4Si2/c1-23(36)38-27-19-29(39-28(27)21-37-41(8,9)32(2,3)4)35-20-25(17-18-40(5,6)7)30-26(33-22-34-31(30)35)16-15-24-13-11-10-12-14-24/h10-14,20,22,27-29H,15-16,19,21H2,1-9H3/t27-,28-,29+/m0/s1. The predicted octanol–water partition coefficient (Wildman–Crippen LogP) is 6.69. The molecule has 0 amide bonds. The number of benzene rings is 1. The molecule has 41 heavy (non-hydrogen) atoms. The van der Waals surface area contributed by atoms with E-state index in [9.17, 15) is 4.79 Å². The molecule has 0 N–H and O–H groups in total. The van der Waals surface area contributed by atoms with E-state index in [0.29, 0.717) is 13.0 Å². The average Bonchev–Trinajstić information content (AvgIpc) is 3.45. The highest BCUT2D eigenvalue weighted by atomic mass is 28.4. The Morgan fingerprint density at radius 3 is 2.44 bits per heavy atom. The predicted molar refractivity (Wildman–Crippen MR) is 169 cm³/mol. The quantitative estimate of drug-likeness (QED) is 0.165. The number of ether oxygens (including phenoxy) is 2. The molecule has 0 unspecified atom stereocenters. The summed E-state index contributed by atoms with van der Waals surface area (Å²) in [6.07, 6.45) is 4.70. The van der Waals surface area contributed by atoms with E-state index in [1.807, 2.05) is 12.3 Å². The Morgan fingerprint density at radius 2 is 1.80 bits per heavy atom. The van der Waals surface area contributed by atoms with Crippen molar-refractivity contribution in [1.29, 1.82) is 0 Å². The summed E-state index contributed by atoms with van der Waals surface area (Å²) in [4.78, 5) is 21.5. The summed E-state index contributed by atoms with van der Waals surface area (Å²) < 4.78 is 20.9. The Bertz CT molecular complexity index is 1430. The molecule has 0 aliphatic carbocycles. The highest BCUT2D eigenvalue weighted by molar-refractivity contribution is 6.83. The number of aromatic nitrogens is 3. The Morgan fingerprint density at radius 1 is 1.10 bits per heavy atom. The van der Waals surface area contributed by atoms with Gasteiger partial charge in [-0.25, -0.2) is 9.97 Å². The minimum absolute atomic E-state index is 0.0651. The molecule has 3 aromatic rings. The average molecular weight is 592 g/mol. The second-order valence-corrected chi connectivity index (χ2v) is 23.1. The van der Waals surface area contributed by atoms with E-state index < -0.39 is 22.5 Å². The Kier molecular flexibility index (Phi) is 9.29. The molecule has 1 aliphatic rings. The summed E-state index contributed by atoms with van der Waals surface area (Å²) in [5.74, 6) is 3.16. The highest BCUT2D eigenvalue weighted by Gasteiger charge is 2.43. The van der Waals surface area contributed by atoms with Crippen LogP contribution in [0.5, 0.6) is 0 Å². The van der Waals surface area contributed by atoms with Gasteiger partial charge in [-0.15, -0.1) is 5.54 Å². The second kappa shape index (κ2) is 12.2. The highest BCUT2D eigenvalue weighted by Crippen LogP contribution is 2.39. The molecule has 3 atom stereocenters. The van der Waals surface area contributed by atoms with Crippen LogP contribution >= 0.6 is 0 Å². The van der Waals surface area contributed by atoms with Gasteiger partial charge in [0.2, 0.25) is 0 Å². The molecule has 2 aromatic heterocycles. The molecule has 4 rings (SSSR count). The molecule has 3 heterocycles. The molecule has 220 valence electrons. The molecule has 9 heteroatoms. The van der Waals surface area contributed by atoms with Gasteiger partial charge in [0, 0.05) is 19.5 Å². The lowest BCUT2D eigenvalue weighted by molar-refractivity contribution is -0.150. The molecule has 7 nitrogen and oxygen atoms in total. The van der Waals surface area contributed by atoms with Gasteiger partial charge in [-0.3, -0.25) is 4.79 Å². The topological polar surface area (TPSA) is 75.5 Å². The fraction of sp³-hybridized carbons (Fsp3) is 0.531. The van der Waals surface area contributed by atoms with E-state index in [-0.39, 0.29) is 23.3 Å². The zero-order valence-electron chi connectivity index (χ0n) is 26.1. The summed E-state index contributed by atoms with van der Waals surface area (Å²) in [6, 6.07) is 10.4. The van der Waals surface area contributed by atoms with Crippen LogP contribution in [0.1, 0.15) is 57.2 Å². The first-order chi connectivity index (χ1) is 19.1. The maximum Gasteiger partial charge on any atom is 0.302 e. The number of rotatable bonds is 8. The second-order valence-electron chi connectivity index (χ2n) is 13.5. The normalized spacial score (nSPS) is 19.7. The SMILES string of the molecule is CC(=O)O[C@H]1C[C@H](n2cc(C#C[Si](C)(C)C)c3c(CCc4ccccc4)ncnc32)O[C@H]1CO[Si](C)(C)C(C)(C)C. The Hall–Kier alpha value is -2.78. The molecular formula is C32H45N3O4Si2. The molecule has 1 aliphatic heterocycles. The number of aryl methyl sites for hydroxylation is 2. The van der Waals surface area contributed by atoms with E-state index in [4.69, 9.17) is 23.9 Å². The van der Waals surface area contributed by atoms with E-state index in [2.05, 4.69) is 93.8 Å². The van der Waals surface area contributed by atoms with Gasteiger partial charge in [-0.05, 0) is 36.5 Å². The zero-order valence-corrected chi connectivity index (χ0v) is 28.1. The summed E-state index contributed by atoms with van der Waals surface area (Å²) in [6.45, 7) is 19.6. The fourth-order valence-corrected chi connectivity index (χ4v) is 6.20. The third-order valence-corrected chi connectivity index (χ3v) is 13.4. The minimum atomic E-state index is -2.02. The van der Waals surface area contributed by atoms with Crippen LogP contribution in [-0.4, -0.2) is 55.7 Å². The van der Waals surface area contributed by atoms with Crippen LogP contribution in [0.2, 0.25) is 37.8 Å². The van der Waals surface area contributed by atoms with Gasteiger partial charge in [0.15, 0.2) is 8.32 Å². The van der Waals surface area contributed by atoms with Gasteiger partial charge in [0.25, 0.3) is 0 Å². The number of carbonyl (C=O) groups is 1. The first kappa shape index (κ1) is 31.2. The van der Waals surface area contributed by atoms with Crippen molar-refractivity contribution in [1.82, 2.24) is 14.5 Å². The molecule has 0 bridgehead atoms. The number of carbonyl (C=O) groups excluding carboxylic acids is 1. The lowest BCUT2D eigenvalue weighted by Gasteiger charge is -2.37. The van der Waals surface area contributed by atoms with Crippen molar-refractivity contribution >= 4 is 33.4 Å². The van der Waals surface area contributed by atoms with Crippen molar-refractivity contribution in [2.75, 3.05) is 6.61 Å². The first-order valence-corrected chi connectivity index (χ1v) is 20.9. The summed E-state index contributed by atoms with van der Waals surface area (Å²) in [5.41, 5.74) is 7.47. The van der Waals surface area contributed by atoms with Crippen molar-refractivity contribution in [2.45, 2.75) is 103 Å². The van der Waals surface area contributed by atoms with Gasteiger partial charge < -0.3 is 18.5 Å². The van der Waals surface area contributed by atoms with Crippen LogP contribution in [-0.2, 0) is 31.5 Å². The van der Waals surface area contributed by atoms with E-state index >= 15 is 0 Å². The monoisotopic (exact) mass is 591 g/mol. The van der Waals surface area contributed by atoms with Crippen LogP contribution in [0.25, 0.3) is 11.0 Å². The van der Waals surface area contributed by atoms with Crippen LogP contribution < -0.4 is 0 Å². The molecule has 1 saturated heterocycles. The van der Waals surface area contributed by atoms with Crippen LogP contribution in [0, 0.1) is 11.5 Å². The number of fused-ring (bicyclic) bond motifs is 1. The molecule has 0 saturated carbocycles. The van der Waals surface area contributed by atoms with Crippen LogP contribution in [0.3, 0.4) is 0 Å². The lowest BCUT2D eigenvalue weighted by atomic mass is 10.1. The number of nitrogens with zero attached hydrogens (tertiary/aromatic N) is 3. The van der Waals surface area contributed by atoms with Gasteiger partial charge in [0.1, 0.15) is 38.5 Å². The smallest absolute Gasteiger partial charge is 0.302 e. The van der Waals surface area contributed by atoms with E-state index in [0.717, 1.165) is 35.1 Å². The number of hydrogen-bond acceptors (Lipinski definition) is 6. The molecule has 1 fully saturated rings. The third-order valence-electron chi connectivity index (χ3n) is 7.98. The Balaban J connectivity index is 1.69. The maximum atomic E-state index is 12.0. The van der Waals surface area contributed by atoms with E-state index in [1.165, 1.54) is 12.5 Å². The van der Waals surface area contributed by atoms with Crippen molar-refractivity contribution in [3.63, 3.8) is 0 Å². The van der Waals surface area contributed by atoms with Crippen LogP contribution in [0.15, 0.2) is 42.9 Å². The van der Waals surface area contributed by atoms with Crippen molar-refractivity contribution in [3.8, 4) is 11.5 Å². The third kappa shape index (κ3) is 7.74. The molecular weight excluding hydrogens is 547 g/mol. The summed E-state index contributed by atoms with van der Waals surface area (Å²) >= 11 is 0. The molecule has 0 spiro atoms. The van der Waals surface area contributed by atoms with Gasteiger partial charge >= 0.3 is 5.97 Å². The van der Waals surface area contributed by atoms with Crippen molar-refractivity contribution in [2.24, 2.45) is 0 Å². The minimum Gasteiger partial charge on any atom is -0.460 e.